The van der Waals surface area contributed by atoms with Crippen molar-refractivity contribution in [2.24, 2.45) is 0 Å². The maximum atomic E-state index is 12.4. The van der Waals surface area contributed by atoms with Gasteiger partial charge in [0.2, 0.25) is 10.0 Å². The predicted molar refractivity (Wildman–Crippen MR) is 99.0 cm³/mol. The van der Waals surface area contributed by atoms with Gasteiger partial charge in [0.1, 0.15) is 0 Å². The standard InChI is InChI=1S/C15H18BrN3O3S2/c1-9-8-17-14(23-9)18-13(20)11-7-10(5-6-12(11)16)24(21,22)19-15(2,3)4/h5-8,19H,1-4H3,(H,17,18,20). The van der Waals surface area contributed by atoms with Crippen LogP contribution in [0.2, 0.25) is 0 Å². The summed E-state index contributed by atoms with van der Waals surface area (Å²) in [6.45, 7) is 7.14. The molecule has 0 aliphatic heterocycles. The van der Waals surface area contributed by atoms with E-state index in [1.54, 1.807) is 33.0 Å². The summed E-state index contributed by atoms with van der Waals surface area (Å²) in [4.78, 5) is 17.5. The number of hydrogen-bond donors (Lipinski definition) is 2. The minimum atomic E-state index is -3.72. The lowest BCUT2D eigenvalue weighted by Gasteiger charge is -2.20. The Balaban J connectivity index is 2.33. The number of anilines is 1. The highest BCUT2D eigenvalue weighted by atomic mass is 79.9. The van der Waals surface area contributed by atoms with Crippen LogP contribution in [0.25, 0.3) is 0 Å². The van der Waals surface area contributed by atoms with Crippen LogP contribution in [0.3, 0.4) is 0 Å². The lowest BCUT2D eigenvalue weighted by atomic mass is 10.1. The van der Waals surface area contributed by atoms with E-state index in [0.717, 1.165) is 4.88 Å². The fourth-order valence-corrected chi connectivity index (χ4v) is 4.41. The number of sulfonamides is 1. The highest BCUT2D eigenvalue weighted by Crippen LogP contribution is 2.24. The normalized spacial score (nSPS) is 12.2. The van der Waals surface area contributed by atoms with Gasteiger partial charge in [-0.3, -0.25) is 10.1 Å². The number of aromatic nitrogens is 1. The van der Waals surface area contributed by atoms with Crippen LogP contribution in [0.1, 0.15) is 36.0 Å². The second-order valence-corrected chi connectivity index (χ2v) is 10.00. The van der Waals surface area contributed by atoms with E-state index in [2.05, 4.69) is 31.0 Å². The van der Waals surface area contributed by atoms with Crippen LogP contribution in [0.4, 0.5) is 5.13 Å². The first-order valence-electron chi connectivity index (χ1n) is 7.05. The van der Waals surface area contributed by atoms with Crippen molar-refractivity contribution in [1.82, 2.24) is 9.71 Å². The van der Waals surface area contributed by atoms with Gasteiger partial charge >= 0.3 is 0 Å². The summed E-state index contributed by atoms with van der Waals surface area (Å²) in [5.41, 5.74) is -0.396. The number of carbonyl (C=O) groups is 1. The second-order valence-electron chi connectivity index (χ2n) is 6.23. The van der Waals surface area contributed by atoms with Gasteiger partial charge in [-0.05, 0) is 61.8 Å². The van der Waals surface area contributed by atoms with E-state index in [1.807, 2.05) is 6.92 Å². The third kappa shape index (κ3) is 4.85. The number of rotatable bonds is 4. The summed E-state index contributed by atoms with van der Waals surface area (Å²) in [6, 6.07) is 4.33. The molecule has 0 fully saturated rings. The number of nitrogens with zero attached hydrogens (tertiary/aromatic N) is 1. The van der Waals surface area contributed by atoms with Crippen molar-refractivity contribution < 1.29 is 13.2 Å². The van der Waals surface area contributed by atoms with Crippen molar-refractivity contribution in [1.29, 1.82) is 0 Å². The van der Waals surface area contributed by atoms with Gasteiger partial charge in [-0.15, -0.1) is 11.3 Å². The van der Waals surface area contributed by atoms with E-state index < -0.39 is 21.5 Å². The fraction of sp³-hybridized carbons (Fsp3) is 0.333. The largest absolute Gasteiger partial charge is 0.298 e. The van der Waals surface area contributed by atoms with Gasteiger partial charge in [-0.1, -0.05) is 0 Å². The van der Waals surface area contributed by atoms with Gasteiger partial charge in [-0.2, -0.15) is 0 Å². The van der Waals surface area contributed by atoms with Gasteiger partial charge in [0.05, 0.1) is 10.5 Å². The Morgan fingerprint density at radius 1 is 1.29 bits per heavy atom. The molecule has 1 heterocycles. The minimum absolute atomic E-state index is 0.0288. The van der Waals surface area contributed by atoms with Crippen LogP contribution in [-0.4, -0.2) is 24.8 Å². The van der Waals surface area contributed by atoms with Crippen LogP contribution >= 0.6 is 27.3 Å². The third-order valence-electron chi connectivity index (χ3n) is 2.78. The maximum Gasteiger partial charge on any atom is 0.258 e. The van der Waals surface area contributed by atoms with Gasteiger partial charge in [0.15, 0.2) is 5.13 Å². The molecule has 0 spiro atoms. The molecule has 2 aromatic rings. The summed E-state index contributed by atoms with van der Waals surface area (Å²) >= 11 is 4.63. The van der Waals surface area contributed by atoms with E-state index in [9.17, 15) is 13.2 Å². The molecule has 9 heteroatoms. The first kappa shape index (κ1) is 19.0. The van der Waals surface area contributed by atoms with Crippen LogP contribution in [0.5, 0.6) is 0 Å². The Bertz CT molecular complexity index is 870. The zero-order chi connectivity index (χ0) is 18.1. The zero-order valence-electron chi connectivity index (χ0n) is 13.7. The molecule has 0 radical (unpaired) electrons. The van der Waals surface area contributed by atoms with Crippen molar-refractivity contribution in [3.05, 3.63) is 39.3 Å². The summed E-state index contributed by atoms with van der Waals surface area (Å²) in [6.07, 6.45) is 1.66. The molecule has 0 bridgehead atoms. The smallest absolute Gasteiger partial charge is 0.258 e. The minimum Gasteiger partial charge on any atom is -0.298 e. The van der Waals surface area contributed by atoms with Crippen molar-refractivity contribution in [2.75, 3.05) is 5.32 Å². The first-order valence-corrected chi connectivity index (χ1v) is 10.1. The topological polar surface area (TPSA) is 88.2 Å². The van der Waals surface area contributed by atoms with E-state index >= 15 is 0 Å². The van der Waals surface area contributed by atoms with Crippen molar-refractivity contribution in [3.63, 3.8) is 0 Å². The molecular formula is C15H18BrN3O3S2. The molecule has 2 N–H and O–H groups in total. The monoisotopic (exact) mass is 431 g/mol. The Morgan fingerprint density at radius 3 is 2.50 bits per heavy atom. The lowest BCUT2D eigenvalue weighted by molar-refractivity contribution is 0.102. The zero-order valence-corrected chi connectivity index (χ0v) is 16.9. The number of halogens is 1. The van der Waals surface area contributed by atoms with E-state index in [-0.39, 0.29) is 10.5 Å². The lowest BCUT2D eigenvalue weighted by Crippen LogP contribution is -2.40. The molecule has 0 aliphatic rings. The highest BCUT2D eigenvalue weighted by Gasteiger charge is 2.24. The number of carbonyl (C=O) groups excluding carboxylic acids is 1. The SMILES string of the molecule is Cc1cnc(NC(=O)c2cc(S(=O)(=O)NC(C)(C)C)ccc2Br)s1. The average molecular weight is 432 g/mol. The maximum absolute atomic E-state index is 12.4. The molecule has 1 aromatic heterocycles. The van der Waals surface area contributed by atoms with E-state index in [0.29, 0.717) is 9.60 Å². The molecule has 0 saturated carbocycles. The summed E-state index contributed by atoms with van der Waals surface area (Å²) in [5.74, 6) is -0.427. The Morgan fingerprint density at radius 2 is 1.96 bits per heavy atom. The van der Waals surface area contributed by atoms with Crippen LogP contribution in [0, 0.1) is 6.92 Å². The number of nitrogens with one attached hydrogen (secondary N) is 2. The Labute approximate surface area is 153 Å². The number of benzene rings is 1. The Hall–Kier alpha value is -1.29. The fourth-order valence-electron chi connectivity index (χ4n) is 1.88. The van der Waals surface area contributed by atoms with Crippen molar-refractivity contribution in [2.45, 2.75) is 38.1 Å². The molecule has 130 valence electrons. The molecule has 0 atom stereocenters. The molecular weight excluding hydrogens is 414 g/mol. The molecule has 2 rings (SSSR count). The molecule has 0 unspecified atom stereocenters. The van der Waals surface area contributed by atoms with Crippen LogP contribution in [-0.2, 0) is 10.0 Å². The van der Waals surface area contributed by atoms with Gasteiger partial charge in [0, 0.05) is 21.1 Å². The average Bonchev–Trinajstić information content (AvgIpc) is 2.81. The van der Waals surface area contributed by atoms with Crippen molar-refractivity contribution >= 4 is 48.3 Å². The third-order valence-corrected chi connectivity index (χ3v) is 6.05. The number of amides is 1. The predicted octanol–water partition coefficient (Wildman–Crippen LogP) is 3.54. The molecule has 1 aromatic carbocycles. The van der Waals surface area contributed by atoms with Crippen molar-refractivity contribution in [3.8, 4) is 0 Å². The van der Waals surface area contributed by atoms with Crippen LogP contribution in [0.15, 0.2) is 33.8 Å². The Kier molecular flexibility index (Phi) is 5.48. The van der Waals surface area contributed by atoms with Gasteiger partial charge in [-0.25, -0.2) is 18.1 Å². The highest BCUT2D eigenvalue weighted by molar-refractivity contribution is 9.10. The summed E-state index contributed by atoms with van der Waals surface area (Å²) < 4.78 is 27.9. The number of hydrogen-bond acceptors (Lipinski definition) is 5. The molecule has 24 heavy (non-hydrogen) atoms. The first-order chi connectivity index (χ1) is 11.0. The second kappa shape index (κ2) is 6.91. The molecule has 1 amide bonds. The summed E-state index contributed by atoms with van der Waals surface area (Å²) in [5, 5.41) is 3.13. The quantitative estimate of drug-likeness (QED) is 0.774. The summed E-state index contributed by atoms with van der Waals surface area (Å²) in [7, 11) is -3.72. The molecule has 0 aliphatic carbocycles. The molecule has 0 saturated heterocycles. The molecule has 6 nitrogen and oxygen atoms in total. The number of thiazole rings is 1. The van der Waals surface area contributed by atoms with E-state index in [4.69, 9.17) is 0 Å². The van der Waals surface area contributed by atoms with Crippen LogP contribution < -0.4 is 10.0 Å². The van der Waals surface area contributed by atoms with Gasteiger partial charge in [0.25, 0.3) is 5.91 Å². The van der Waals surface area contributed by atoms with E-state index in [1.165, 1.54) is 23.5 Å². The van der Waals surface area contributed by atoms with Gasteiger partial charge < -0.3 is 0 Å². The number of aryl methyl sites for hydroxylation is 1.